The number of aromatic amines is 1. The molecule has 2 rings (SSSR count). The second-order valence-electron chi connectivity index (χ2n) is 3.36. The maximum Gasteiger partial charge on any atom is 0.312 e. The van der Waals surface area contributed by atoms with Crippen molar-refractivity contribution in [2.75, 3.05) is 0 Å². The Hall–Kier alpha value is -1.55. The van der Waals surface area contributed by atoms with Gasteiger partial charge in [-0.3, -0.25) is 9.89 Å². The van der Waals surface area contributed by atoms with E-state index < -0.39 is 11.9 Å². The largest absolute Gasteiger partial charge is 0.481 e. The van der Waals surface area contributed by atoms with Crippen molar-refractivity contribution in [1.82, 2.24) is 10.2 Å². The summed E-state index contributed by atoms with van der Waals surface area (Å²) in [4.78, 5) is 10.8. The van der Waals surface area contributed by atoms with E-state index in [2.05, 4.69) is 10.2 Å². The van der Waals surface area contributed by atoms with E-state index in [9.17, 15) is 4.79 Å². The lowest BCUT2D eigenvalue weighted by Crippen LogP contribution is -2.07. The van der Waals surface area contributed by atoms with Crippen molar-refractivity contribution in [3.05, 3.63) is 28.9 Å². The summed E-state index contributed by atoms with van der Waals surface area (Å²) in [6.45, 7) is 1.61. The summed E-state index contributed by atoms with van der Waals surface area (Å²) in [5.74, 6) is -1.48. The van der Waals surface area contributed by atoms with Crippen LogP contribution in [-0.2, 0) is 4.79 Å². The first-order valence-corrected chi connectivity index (χ1v) is 4.83. The molecule has 0 aliphatic carbocycles. The topological polar surface area (TPSA) is 66.0 Å². The van der Waals surface area contributed by atoms with Gasteiger partial charge in [0.15, 0.2) is 0 Å². The summed E-state index contributed by atoms with van der Waals surface area (Å²) < 4.78 is 0. The monoisotopic (exact) mass is 224 g/mol. The lowest BCUT2D eigenvalue weighted by molar-refractivity contribution is -0.138. The molecule has 5 heteroatoms. The van der Waals surface area contributed by atoms with Crippen molar-refractivity contribution in [1.29, 1.82) is 0 Å². The van der Waals surface area contributed by atoms with Crippen LogP contribution in [-0.4, -0.2) is 21.3 Å². The van der Waals surface area contributed by atoms with Crippen molar-refractivity contribution in [2.45, 2.75) is 12.8 Å². The molecule has 1 aromatic heterocycles. The molecule has 4 nitrogen and oxygen atoms in total. The van der Waals surface area contributed by atoms with Gasteiger partial charge in [0.1, 0.15) is 0 Å². The number of carboxylic acid groups (broad SMARTS) is 1. The zero-order valence-electron chi connectivity index (χ0n) is 7.99. The number of benzene rings is 1. The number of hydrogen-bond acceptors (Lipinski definition) is 2. The van der Waals surface area contributed by atoms with Gasteiger partial charge in [-0.05, 0) is 25.1 Å². The summed E-state index contributed by atoms with van der Waals surface area (Å²) >= 11 is 5.80. The summed E-state index contributed by atoms with van der Waals surface area (Å²) in [5, 5.41) is 17.0. The van der Waals surface area contributed by atoms with Gasteiger partial charge in [0.05, 0.1) is 17.1 Å². The average molecular weight is 225 g/mol. The number of fused-ring (bicyclic) bond motifs is 1. The van der Waals surface area contributed by atoms with Gasteiger partial charge < -0.3 is 5.11 Å². The van der Waals surface area contributed by atoms with Gasteiger partial charge in [-0.2, -0.15) is 5.10 Å². The van der Waals surface area contributed by atoms with E-state index >= 15 is 0 Å². The standard InChI is InChI=1S/C10H9ClN2O2/c1-5(10(14)15)9-7-3-2-6(11)4-8(7)12-13-9/h2-5H,1H3,(H,12,13)(H,14,15). The van der Waals surface area contributed by atoms with E-state index in [1.807, 2.05) is 0 Å². The second kappa shape index (κ2) is 3.55. The van der Waals surface area contributed by atoms with Crippen LogP contribution in [0.5, 0.6) is 0 Å². The number of rotatable bonds is 2. The first-order chi connectivity index (χ1) is 7.09. The molecule has 2 N–H and O–H groups in total. The molecule has 0 saturated heterocycles. The predicted molar refractivity (Wildman–Crippen MR) is 57.2 cm³/mol. The molecular weight excluding hydrogens is 216 g/mol. The molecule has 0 spiro atoms. The van der Waals surface area contributed by atoms with Gasteiger partial charge in [-0.15, -0.1) is 0 Å². The molecule has 1 unspecified atom stereocenters. The number of H-pyrrole nitrogens is 1. The third kappa shape index (κ3) is 1.68. The van der Waals surface area contributed by atoms with E-state index in [0.717, 1.165) is 5.39 Å². The Kier molecular flexibility index (Phi) is 2.36. The highest BCUT2D eigenvalue weighted by Crippen LogP contribution is 2.25. The highest BCUT2D eigenvalue weighted by Gasteiger charge is 2.18. The van der Waals surface area contributed by atoms with Gasteiger partial charge in [0.25, 0.3) is 0 Å². The van der Waals surface area contributed by atoms with Crippen LogP contribution in [0.15, 0.2) is 18.2 Å². The molecule has 0 radical (unpaired) electrons. The molecule has 15 heavy (non-hydrogen) atoms. The van der Waals surface area contributed by atoms with E-state index in [-0.39, 0.29) is 0 Å². The Balaban J connectivity index is 2.59. The lowest BCUT2D eigenvalue weighted by Gasteiger charge is -2.02. The fraction of sp³-hybridized carbons (Fsp3) is 0.200. The number of nitrogens with one attached hydrogen (secondary N) is 1. The smallest absolute Gasteiger partial charge is 0.312 e. The molecule has 1 heterocycles. The highest BCUT2D eigenvalue weighted by molar-refractivity contribution is 6.31. The average Bonchev–Trinajstić information content (AvgIpc) is 2.59. The normalized spacial score (nSPS) is 12.9. The van der Waals surface area contributed by atoms with Gasteiger partial charge in [0.2, 0.25) is 0 Å². The van der Waals surface area contributed by atoms with Gasteiger partial charge >= 0.3 is 5.97 Å². The Morgan fingerprint density at radius 3 is 3.00 bits per heavy atom. The minimum absolute atomic E-state index is 0.587. The Labute approximate surface area is 90.9 Å². The van der Waals surface area contributed by atoms with Crippen molar-refractivity contribution >= 4 is 28.5 Å². The number of aliphatic carboxylic acids is 1. The summed E-state index contributed by atoms with van der Waals surface area (Å²) in [6.07, 6.45) is 0. The van der Waals surface area contributed by atoms with E-state index in [1.54, 1.807) is 25.1 Å². The zero-order chi connectivity index (χ0) is 11.0. The van der Waals surface area contributed by atoms with Gasteiger partial charge in [0, 0.05) is 10.4 Å². The second-order valence-corrected chi connectivity index (χ2v) is 3.80. The van der Waals surface area contributed by atoms with Crippen LogP contribution >= 0.6 is 11.6 Å². The Bertz CT molecular complexity index is 521. The number of carbonyl (C=O) groups is 1. The highest BCUT2D eigenvalue weighted by atomic mass is 35.5. The molecule has 0 bridgehead atoms. The molecule has 78 valence electrons. The van der Waals surface area contributed by atoms with Crippen molar-refractivity contribution in [3.8, 4) is 0 Å². The number of aromatic nitrogens is 2. The SMILES string of the molecule is CC(C(=O)O)c1[nH]nc2cc(Cl)ccc12. The third-order valence-electron chi connectivity index (χ3n) is 2.35. The van der Waals surface area contributed by atoms with Crippen LogP contribution in [0.3, 0.4) is 0 Å². The minimum Gasteiger partial charge on any atom is -0.481 e. The van der Waals surface area contributed by atoms with Crippen LogP contribution in [0, 0.1) is 0 Å². The van der Waals surface area contributed by atoms with Crippen LogP contribution in [0.2, 0.25) is 5.02 Å². The van der Waals surface area contributed by atoms with Crippen LogP contribution in [0.1, 0.15) is 18.5 Å². The summed E-state index contributed by atoms with van der Waals surface area (Å²) in [7, 11) is 0. The van der Waals surface area contributed by atoms with E-state index in [0.29, 0.717) is 16.2 Å². The zero-order valence-corrected chi connectivity index (χ0v) is 8.75. The van der Waals surface area contributed by atoms with Gasteiger partial charge in [-0.1, -0.05) is 11.6 Å². The molecular formula is C10H9ClN2O2. The van der Waals surface area contributed by atoms with E-state index in [4.69, 9.17) is 16.7 Å². The summed E-state index contributed by atoms with van der Waals surface area (Å²) in [5.41, 5.74) is 1.29. The predicted octanol–water partition coefficient (Wildman–Crippen LogP) is 2.40. The summed E-state index contributed by atoms with van der Waals surface area (Å²) in [6, 6.07) is 5.19. The molecule has 2 aromatic rings. The Morgan fingerprint density at radius 1 is 1.60 bits per heavy atom. The van der Waals surface area contributed by atoms with Crippen LogP contribution in [0.4, 0.5) is 0 Å². The molecule has 0 fully saturated rings. The quantitative estimate of drug-likeness (QED) is 0.823. The fourth-order valence-electron chi connectivity index (χ4n) is 1.46. The minimum atomic E-state index is -0.879. The molecule has 0 amide bonds. The lowest BCUT2D eigenvalue weighted by atomic mass is 10.0. The number of nitrogens with zero attached hydrogens (tertiary/aromatic N) is 1. The Morgan fingerprint density at radius 2 is 2.33 bits per heavy atom. The maximum atomic E-state index is 10.8. The van der Waals surface area contributed by atoms with Crippen LogP contribution in [0.25, 0.3) is 10.9 Å². The number of carboxylic acids is 1. The molecule has 1 aromatic carbocycles. The molecule has 1 atom stereocenters. The third-order valence-corrected chi connectivity index (χ3v) is 2.59. The van der Waals surface area contributed by atoms with Crippen molar-refractivity contribution < 1.29 is 9.90 Å². The number of halogens is 1. The first-order valence-electron chi connectivity index (χ1n) is 4.46. The van der Waals surface area contributed by atoms with Crippen molar-refractivity contribution in [3.63, 3.8) is 0 Å². The molecule has 0 saturated carbocycles. The molecule has 0 aliphatic heterocycles. The van der Waals surface area contributed by atoms with Crippen molar-refractivity contribution in [2.24, 2.45) is 0 Å². The fourth-order valence-corrected chi connectivity index (χ4v) is 1.63. The molecule has 0 aliphatic rings. The maximum absolute atomic E-state index is 10.8. The number of hydrogen-bond donors (Lipinski definition) is 2. The van der Waals surface area contributed by atoms with Crippen LogP contribution < -0.4 is 0 Å². The van der Waals surface area contributed by atoms with Gasteiger partial charge in [-0.25, -0.2) is 0 Å². The first kappa shape index (κ1) is 9.98. The van der Waals surface area contributed by atoms with E-state index in [1.165, 1.54) is 0 Å².